The minimum Gasteiger partial charge on any atom is -0.397 e. The van der Waals surface area contributed by atoms with Crippen molar-refractivity contribution in [3.63, 3.8) is 0 Å². The molecule has 1 aromatic rings. The second-order valence-electron chi connectivity index (χ2n) is 2.73. The van der Waals surface area contributed by atoms with Crippen molar-refractivity contribution in [3.05, 3.63) is 23.0 Å². The van der Waals surface area contributed by atoms with Crippen LogP contribution in [0.1, 0.15) is 23.4 Å². The zero-order valence-electron chi connectivity index (χ0n) is 7.37. The molecule has 0 spiro atoms. The van der Waals surface area contributed by atoms with Crippen LogP contribution in [0.2, 0.25) is 0 Å². The van der Waals surface area contributed by atoms with Gasteiger partial charge >= 0.3 is 0 Å². The Balaban J connectivity index is 3.27. The number of anilines is 1. The van der Waals surface area contributed by atoms with Crippen molar-refractivity contribution in [2.24, 2.45) is 5.73 Å². The van der Waals surface area contributed by atoms with E-state index >= 15 is 0 Å². The lowest BCUT2D eigenvalue weighted by atomic mass is 10.1. The molecule has 6 heteroatoms. The van der Waals surface area contributed by atoms with Gasteiger partial charge in [0.2, 0.25) is 0 Å². The zero-order valence-corrected chi connectivity index (χ0v) is 7.37. The Labute approximate surface area is 79.6 Å². The van der Waals surface area contributed by atoms with Crippen LogP contribution >= 0.6 is 0 Å². The molecule has 0 saturated heterocycles. The first kappa shape index (κ1) is 10.8. The quantitative estimate of drug-likeness (QED) is 0.669. The standard InChI is InChI=1S/C8H11F2N3O/c9-8(10)5-1-4(3-14)13-6(2-11)7(5)12/h1,8,14H,2-3,11-12H2. The summed E-state index contributed by atoms with van der Waals surface area (Å²) in [4.78, 5) is 3.82. The number of pyridine rings is 1. The fourth-order valence-corrected chi connectivity index (χ4v) is 1.11. The summed E-state index contributed by atoms with van der Waals surface area (Å²) < 4.78 is 24.9. The normalized spacial score (nSPS) is 10.9. The molecule has 0 aliphatic rings. The monoisotopic (exact) mass is 203 g/mol. The lowest BCUT2D eigenvalue weighted by Gasteiger charge is -2.10. The molecule has 0 aromatic carbocycles. The summed E-state index contributed by atoms with van der Waals surface area (Å²) in [7, 11) is 0. The highest BCUT2D eigenvalue weighted by Gasteiger charge is 2.16. The highest BCUT2D eigenvalue weighted by molar-refractivity contribution is 5.52. The van der Waals surface area contributed by atoms with Crippen LogP contribution in [0.3, 0.4) is 0 Å². The average molecular weight is 203 g/mol. The number of halogens is 2. The van der Waals surface area contributed by atoms with E-state index in [1.165, 1.54) is 0 Å². The number of hydrogen-bond acceptors (Lipinski definition) is 4. The first-order chi connectivity index (χ1) is 6.60. The summed E-state index contributed by atoms with van der Waals surface area (Å²) in [6, 6.07) is 1.08. The van der Waals surface area contributed by atoms with Gasteiger partial charge in [0, 0.05) is 12.1 Å². The molecule has 78 valence electrons. The Hall–Kier alpha value is -1.27. The van der Waals surface area contributed by atoms with Gasteiger partial charge in [0.05, 0.1) is 23.7 Å². The van der Waals surface area contributed by atoms with Crippen LogP contribution in [0, 0.1) is 0 Å². The second-order valence-corrected chi connectivity index (χ2v) is 2.73. The van der Waals surface area contributed by atoms with Gasteiger partial charge in [-0.05, 0) is 6.07 Å². The number of nitrogen functional groups attached to an aromatic ring is 1. The maximum atomic E-state index is 12.4. The van der Waals surface area contributed by atoms with Gasteiger partial charge < -0.3 is 16.6 Å². The van der Waals surface area contributed by atoms with Crippen LogP contribution in [0.25, 0.3) is 0 Å². The van der Waals surface area contributed by atoms with Crippen molar-refractivity contribution in [1.82, 2.24) is 4.98 Å². The van der Waals surface area contributed by atoms with E-state index in [2.05, 4.69) is 4.98 Å². The van der Waals surface area contributed by atoms with Crippen LogP contribution in [0.15, 0.2) is 6.07 Å². The van der Waals surface area contributed by atoms with E-state index in [0.717, 1.165) is 6.07 Å². The van der Waals surface area contributed by atoms with E-state index in [4.69, 9.17) is 16.6 Å². The minimum atomic E-state index is -2.69. The third kappa shape index (κ3) is 1.97. The van der Waals surface area contributed by atoms with E-state index in [0.29, 0.717) is 0 Å². The molecule has 0 radical (unpaired) electrons. The predicted molar refractivity (Wildman–Crippen MR) is 47.4 cm³/mol. The number of rotatable bonds is 3. The molecule has 14 heavy (non-hydrogen) atoms. The van der Waals surface area contributed by atoms with Crippen molar-refractivity contribution in [2.45, 2.75) is 19.6 Å². The van der Waals surface area contributed by atoms with E-state index in [-0.39, 0.29) is 29.2 Å². The molecule has 0 fully saturated rings. The molecular weight excluding hydrogens is 192 g/mol. The fraction of sp³-hybridized carbons (Fsp3) is 0.375. The first-order valence-electron chi connectivity index (χ1n) is 3.97. The van der Waals surface area contributed by atoms with Crippen LogP contribution in [0.4, 0.5) is 14.5 Å². The number of nitrogens with zero attached hydrogens (tertiary/aromatic N) is 1. The van der Waals surface area contributed by atoms with Crippen molar-refractivity contribution in [1.29, 1.82) is 0 Å². The summed E-state index contributed by atoms with van der Waals surface area (Å²) in [5.74, 6) is 0. The molecule has 1 aromatic heterocycles. The van der Waals surface area contributed by atoms with Gasteiger partial charge in [-0.1, -0.05) is 0 Å². The van der Waals surface area contributed by atoms with Gasteiger partial charge in [0.25, 0.3) is 6.43 Å². The maximum Gasteiger partial charge on any atom is 0.265 e. The van der Waals surface area contributed by atoms with Gasteiger partial charge in [-0.25, -0.2) is 8.78 Å². The second kappa shape index (κ2) is 4.30. The molecule has 0 unspecified atom stereocenters. The molecule has 0 atom stereocenters. The number of aromatic nitrogens is 1. The van der Waals surface area contributed by atoms with E-state index in [1.54, 1.807) is 0 Å². The Morgan fingerprint density at radius 1 is 1.50 bits per heavy atom. The molecule has 0 saturated carbocycles. The predicted octanol–water partition coefficient (Wildman–Crippen LogP) is 0.552. The van der Waals surface area contributed by atoms with E-state index in [1.807, 2.05) is 0 Å². The molecule has 5 N–H and O–H groups in total. The molecule has 4 nitrogen and oxygen atoms in total. The highest BCUT2D eigenvalue weighted by Crippen LogP contribution is 2.27. The van der Waals surface area contributed by atoms with E-state index in [9.17, 15) is 8.78 Å². The molecule has 1 heterocycles. The third-order valence-corrected chi connectivity index (χ3v) is 1.81. The molecular formula is C8H11F2N3O. The molecule has 0 amide bonds. The zero-order chi connectivity index (χ0) is 10.7. The van der Waals surface area contributed by atoms with Crippen LogP contribution in [0.5, 0.6) is 0 Å². The van der Waals surface area contributed by atoms with E-state index < -0.39 is 13.0 Å². The number of nitrogens with two attached hydrogens (primary N) is 2. The van der Waals surface area contributed by atoms with Gasteiger partial charge in [-0.3, -0.25) is 4.98 Å². The smallest absolute Gasteiger partial charge is 0.265 e. The molecule has 0 aliphatic heterocycles. The lowest BCUT2D eigenvalue weighted by Crippen LogP contribution is -2.10. The van der Waals surface area contributed by atoms with Gasteiger partial charge in [-0.2, -0.15) is 0 Å². The fourth-order valence-electron chi connectivity index (χ4n) is 1.11. The summed E-state index contributed by atoms with van der Waals surface area (Å²) in [5.41, 5.74) is 10.6. The molecule has 0 bridgehead atoms. The van der Waals surface area contributed by atoms with Gasteiger partial charge in [-0.15, -0.1) is 0 Å². The van der Waals surface area contributed by atoms with Gasteiger partial charge in [0.15, 0.2) is 0 Å². The Morgan fingerprint density at radius 3 is 2.57 bits per heavy atom. The topological polar surface area (TPSA) is 85.2 Å². The van der Waals surface area contributed by atoms with Crippen LogP contribution < -0.4 is 11.5 Å². The summed E-state index contributed by atoms with van der Waals surface area (Å²) >= 11 is 0. The van der Waals surface area contributed by atoms with Crippen molar-refractivity contribution in [3.8, 4) is 0 Å². The minimum absolute atomic E-state index is 0.0284. The van der Waals surface area contributed by atoms with Crippen molar-refractivity contribution >= 4 is 5.69 Å². The van der Waals surface area contributed by atoms with Crippen LogP contribution in [-0.2, 0) is 13.2 Å². The summed E-state index contributed by atoms with van der Waals surface area (Å²) in [6.07, 6.45) is -2.69. The third-order valence-electron chi connectivity index (χ3n) is 1.81. The van der Waals surface area contributed by atoms with Crippen LogP contribution in [-0.4, -0.2) is 10.1 Å². The summed E-state index contributed by atoms with van der Waals surface area (Å²) in [5, 5.41) is 8.77. The van der Waals surface area contributed by atoms with Crippen molar-refractivity contribution in [2.75, 3.05) is 5.73 Å². The largest absolute Gasteiger partial charge is 0.397 e. The number of aliphatic hydroxyl groups excluding tert-OH is 1. The Kier molecular flexibility index (Phi) is 3.32. The number of alkyl halides is 2. The average Bonchev–Trinajstić information content (AvgIpc) is 2.17. The Morgan fingerprint density at radius 2 is 2.14 bits per heavy atom. The SMILES string of the molecule is NCc1nc(CO)cc(C(F)F)c1N. The Bertz CT molecular complexity index is 331. The number of hydrogen-bond donors (Lipinski definition) is 3. The highest BCUT2D eigenvalue weighted by atomic mass is 19.3. The molecule has 1 rings (SSSR count). The number of aliphatic hydroxyl groups is 1. The maximum absolute atomic E-state index is 12.4. The van der Waals surface area contributed by atoms with Crippen molar-refractivity contribution < 1.29 is 13.9 Å². The lowest BCUT2D eigenvalue weighted by molar-refractivity contribution is 0.151. The molecule has 0 aliphatic carbocycles. The van der Waals surface area contributed by atoms with Gasteiger partial charge in [0.1, 0.15) is 0 Å². The first-order valence-corrected chi connectivity index (χ1v) is 3.97. The summed E-state index contributed by atoms with van der Waals surface area (Å²) in [6.45, 7) is -0.438.